The van der Waals surface area contributed by atoms with E-state index in [9.17, 15) is 9.59 Å². The second-order valence-corrected chi connectivity index (χ2v) is 9.06. The molecule has 9 heteroatoms. The Labute approximate surface area is 181 Å². The van der Waals surface area contributed by atoms with Gasteiger partial charge in [0, 0.05) is 23.9 Å². The zero-order valence-corrected chi connectivity index (χ0v) is 18.3. The molecule has 0 N–H and O–H groups in total. The Hall–Kier alpha value is -2.00. The zero-order valence-electron chi connectivity index (χ0n) is 15.1. The first kappa shape index (κ1) is 20.7. The highest BCUT2D eigenvalue weighted by Crippen LogP contribution is 2.35. The number of hydrogen-bond acceptors (Lipinski definition) is 6. The zero-order chi connectivity index (χ0) is 20.4. The van der Waals surface area contributed by atoms with Gasteiger partial charge in [0.05, 0.1) is 16.3 Å². The fourth-order valence-corrected chi connectivity index (χ4v) is 4.80. The summed E-state index contributed by atoms with van der Waals surface area (Å²) in [7, 11) is 0. The van der Waals surface area contributed by atoms with Gasteiger partial charge in [0.2, 0.25) is 5.91 Å². The fourth-order valence-electron chi connectivity index (χ4n) is 2.53. The first-order valence-electron chi connectivity index (χ1n) is 8.18. The Morgan fingerprint density at radius 1 is 1.43 bits per heavy atom. The van der Waals surface area contributed by atoms with Gasteiger partial charge < -0.3 is 0 Å². The molecule has 0 radical (unpaired) electrons. The van der Waals surface area contributed by atoms with Crippen LogP contribution in [0.2, 0.25) is 5.02 Å². The summed E-state index contributed by atoms with van der Waals surface area (Å²) in [5.41, 5.74) is 2.07. The van der Waals surface area contributed by atoms with Crippen LogP contribution < -0.4 is 4.90 Å². The van der Waals surface area contributed by atoms with E-state index in [1.807, 2.05) is 6.92 Å². The van der Waals surface area contributed by atoms with Crippen molar-refractivity contribution in [1.82, 2.24) is 9.88 Å². The van der Waals surface area contributed by atoms with Crippen LogP contribution in [-0.2, 0) is 9.59 Å². The number of hydrogen-bond donors (Lipinski definition) is 0. The number of carbonyl (C=O) groups excluding carboxylic acids is 2. The molecule has 0 spiro atoms. The van der Waals surface area contributed by atoms with Gasteiger partial charge >= 0.3 is 0 Å². The van der Waals surface area contributed by atoms with Gasteiger partial charge in [0.1, 0.15) is 4.32 Å². The highest BCUT2D eigenvalue weighted by atomic mass is 35.5. The molecule has 0 atom stereocenters. The third kappa shape index (κ3) is 4.52. The van der Waals surface area contributed by atoms with Crippen LogP contribution in [0.5, 0.6) is 0 Å². The average molecular weight is 450 g/mol. The molecule has 0 unspecified atom stereocenters. The summed E-state index contributed by atoms with van der Waals surface area (Å²) in [4.78, 5) is 32.8. The SMILES string of the molecule is C=C(C)CN1C(=O)C(=Cc2csc(N(C(C)=O)c3cccc(Cl)c3)n2)SC1=S. The van der Waals surface area contributed by atoms with Gasteiger partial charge in [-0.15, -0.1) is 11.3 Å². The lowest BCUT2D eigenvalue weighted by Crippen LogP contribution is -2.29. The molecule has 0 saturated carbocycles. The number of amides is 2. The highest BCUT2D eigenvalue weighted by molar-refractivity contribution is 8.26. The quantitative estimate of drug-likeness (QED) is 0.354. The van der Waals surface area contributed by atoms with Crippen LogP contribution in [0, 0.1) is 0 Å². The molecule has 1 aromatic heterocycles. The minimum atomic E-state index is -0.184. The molecule has 2 aromatic rings. The van der Waals surface area contributed by atoms with Crippen LogP contribution in [0.1, 0.15) is 19.5 Å². The topological polar surface area (TPSA) is 53.5 Å². The van der Waals surface area contributed by atoms with Crippen molar-refractivity contribution in [3.63, 3.8) is 0 Å². The summed E-state index contributed by atoms with van der Waals surface area (Å²) in [5, 5.41) is 2.82. The van der Waals surface area contributed by atoms with Crippen molar-refractivity contribution in [3.8, 4) is 0 Å². The van der Waals surface area contributed by atoms with E-state index >= 15 is 0 Å². The van der Waals surface area contributed by atoms with E-state index < -0.39 is 0 Å². The highest BCUT2D eigenvalue weighted by Gasteiger charge is 2.32. The van der Waals surface area contributed by atoms with E-state index in [1.165, 1.54) is 39.8 Å². The number of halogens is 1. The first-order valence-corrected chi connectivity index (χ1v) is 10.7. The van der Waals surface area contributed by atoms with Crippen LogP contribution in [0.15, 0.2) is 46.7 Å². The third-order valence-electron chi connectivity index (χ3n) is 3.66. The number of rotatable bonds is 5. The van der Waals surface area contributed by atoms with E-state index in [2.05, 4.69) is 11.6 Å². The van der Waals surface area contributed by atoms with Gasteiger partial charge in [-0.05, 0) is 31.2 Å². The van der Waals surface area contributed by atoms with Gasteiger partial charge in [-0.2, -0.15) is 0 Å². The lowest BCUT2D eigenvalue weighted by molar-refractivity contribution is -0.121. The molecular formula is C19H16ClN3O2S3. The number of aromatic nitrogens is 1. The van der Waals surface area contributed by atoms with Crippen molar-refractivity contribution < 1.29 is 9.59 Å². The summed E-state index contributed by atoms with van der Waals surface area (Å²) in [5.74, 6) is -0.346. The maximum Gasteiger partial charge on any atom is 0.266 e. The average Bonchev–Trinajstić information content (AvgIpc) is 3.15. The van der Waals surface area contributed by atoms with Crippen molar-refractivity contribution in [2.45, 2.75) is 13.8 Å². The third-order valence-corrected chi connectivity index (χ3v) is 6.12. The van der Waals surface area contributed by atoms with Gasteiger partial charge in [-0.25, -0.2) is 4.98 Å². The van der Waals surface area contributed by atoms with Gasteiger partial charge in [-0.3, -0.25) is 19.4 Å². The Kier molecular flexibility index (Phi) is 6.34. The van der Waals surface area contributed by atoms with Crippen LogP contribution >= 0.6 is 46.9 Å². The largest absolute Gasteiger partial charge is 0.289 e. The lowest BCUT2D eigenvalue weighted by Gasteiger charge is -2.18. The van der Waals surface area contributed by atoms with Crippen molar-refractivity contribution in [3.05, 3.63) is 57.4 Å². The Bertz CT molecular complexity index is 1020. The molecule has 1 aromatic carbocycles. The maximum absolute atomic E-state index is 12.6. The molecule has 1 saturated heterocycles. The minimum absolute atomic E-state index is 0.161. The van der Waals surface area contributed by atoms with E-state index in [-0.39, 0.29) is 11.8 Å². The van der Waals surface area contributed by atoms with Crippen molar-refractivity contribution >= 4 is 79.9 Å². The molecule has 0 aliphatic carbocycles. The van der Waals surface area contributed by atoms with E-state index in [0.717, 1.165) is 5.57 Å². The summed E-state index contributed by atoms with van der Waals surface area (Å²) < 4.78 is 0.499. The number of anilines is 2. The van der Waals surface area contributed by atoms with Crippen LogP contribution in [0.3, 0.4) is 0 Å². The lowest BCUT2D eigenvalue weighted by atomic mass is 10.3. The molecule has 1 aliphatic rings. The summed E-state index contributed by atoms with van der Waals surface area (Å²) in [6.07, 6.45) is 1.69. The second kappa shape index (κ2) is 8.57. The van der Waals surface area contributed by atoms with Crippen LogP contribution in [0.25, 0.3) is 6.08 Å². The number of carbonyl (C=O) groups is 2. The molecule has 144 valence electrons. The molecule has 28 heavy (non-hydrogen) atoms. The molecule has 1 aliphatic heterocycles. The van der Waals surface area contributed by atoms with Crippen molar-refractivity contribution in [2.75, 3.05) is 11.4 Å². The minimum Gasteiger partial charge on any atom is -0.289 e. The molecule has 5 nitrogen and oxygen atoms in total. The number of thiocarbonyl (C=S) groups is 1. The monoisotopic (exact) mass is 449 g/mol. The van der Waals surface area contributed by atoms with E-state index in [4.69, 9.17) is 23.8 Å². The van der Waals surface area contributed by atoms with Crippen LogP contribution in [-0.4, -0.2) is 32.6 Å². The molecular weight excluding hydrogens is 434 g/mol. The van der Waals surface area contributed by atoms with Gasteiger partial charge in [0.15, 0.2) is 5.13 Å². The normalized spacial score (nSPS) is 15.4. The van der Waals surface area contributed by atoms with Gasteiger partial charge in [-0.1, -0.05) is 53.8 Å². The predicted molar refractivity (Wildman–Crippen MR) is 121 cm³/mol. The molecule has 2 amide bonds. The molecule has 0 bridgehead atoms. The molecule has 3 rings (SSSR count). The summed E-state index contributed by atoms with van der Waals surface area (Å²) in [6.45, 7) is 7.54. The van der Waals surface area contributed by atoms with E-state index in [1.54, 1.807) is 35.7 Å². The Morgan fingerprint density at radius 2 is 2.18 bits per heavy atom. The van der Waals surface area contributed by atoms with Crippen molar-refractivity contribution in [1.29, 1.82) is 0 Å². The van der Waals surface area contributed by atoms with Gasteiger partial charge in [0.25, 0.3) is 5.91 Å². The maximum atomic E-state index is 12.6. The van der Waals surface area contributed by atoms with Crippen LogP contribution in [0.4, 0.5) is 10.8 Å². The Morgan fingerprint density at radius 3 is 2.82 bits per heavy atom. The number of thiazole rings is 1. The van der Waals surface area contributed by atoms with E-state index in [0.29, 0.717) is 37.3 Å². The second-order valence-electron chi connectivity index (χ2n) is 6.11. The summed E-state index contributed by atoms with van der Waals surface area (Å²) >= 11 is 13.9. The predicted octanol–water partition coefficient (Wildman–Crippen LogP) is 5.26. The molecule has 1 fully saturated rings. The number of thioether (sulfide) groups is 1. The number of benzene rings is 1. The van der Waals surface area contributed by atoms with Crippen molar-refractivity contribution in [2.24, 2.45) is 0 Å². The Balaban J connectivity index is 1.88. The summed E-state index contributed by atoms with van der Waals surface area (Å²) in [6, 6.07) is 7.00. The molecule has 2 heterocycles. The number of nitrogens with zero attached hydrogens (tertiary/aromatic N) is 3. The first-order chi connectivity index (χ1) is 13.3. The fraction of sp³-hybridized carbons (Fsp3) is 0.158. The smallest absolute Gasteiger partial charge is 0.266 e. The standard InChI is InChI=1S/C19H16ClN3O2S3/c1-11(2)9-22-17(25)16(28-19(22)26)8-14-10-27-18(21-14)23(12(3)24)15-6-4-5-13(20)7-15/h4-8,10H,1,9H2,2-3H3.